The fourth-order valence-corrected chi connectivity index (χ4v) is 1.92. The van der Waals surface area contributed by atoms with Gasteiger partial charge in [-0.1, -0.05) is 35.0 Å². The highest BCUT2D eigenvalue weighted by Gasteiger charge is 2.16. The molecule has 0 atom stereocenters. The van der Waals surface area contributed by atoms with Crippen molar-refractivity contribution in [3.8, 4) is 11.4 Å². The van der Waals surface area contributed by atoms with Crippen molar-refractivity contribution in [2.75, 3.05) is 13.6 Å². The van der Waals surface area contributed by atoms with Gasteiger partial charge in [0, 0.05) is 19.2 Å². The van der Waals surface area contributed by atoms with E-state index in [0.29, 0.717) is 18.3 Å². The summed E-state index contributed by atoms with van der Waals surface area (Å²) in [6.45, 7) is 6.28. The molecule has 0 aliphatic carbocycles. The Bertz CT molecular complexity index is 636. The number of nitrogens with one attached hydrogen (secondary N) is 1. The van der Waals surface area contributed by atoms with Gasteiger partial charge in [0.05, 0.1) is 0 Å². The summed E-state index contributed by atoms with van der Waals surface area (Å²) in [5, 5.41) is 6.52. The van der Waals surface area contributed by atoms with Gasteiger partial charge < -0.3 is 14.7 Å². The van der Waals surface area contributed by atoms with Crippen molar-refractivity contribution in [1.82, 2.24) is 20.4 Å². The molecular formula is C15H18N4O2. The Morgan fingerprint density at radius 2 is 2.33 bits per heavy atom. The largest absolute Gasteiger partial charge is 0.341 e. The Balaban J connectivity index is 2.15. The summed E-state index contributed by atoms with van der Waals surface area (Å²) in [6.07, 6.45) is 1.65. The van der Waals surface area contributed by atoms with Gasteiger partial charge in [-0.2, -0.15) is 4.98 Å². The van der Waals surface area contributed by atoms with E-state index >= 15 is 0 Å². The molecular weight excluding hydrogens is 268 g/mol. The first kappa shape index (κ1) is 14.8. The van der Waals surface area contributed by atoms with Gasteiger partial charge in [-0.15, -0.1) is 6.58 Å². The minimum absolute atomic E-state index is 0.217. The highest BCUT2D eigenvalue weighted by atomic mass is 16.5. The molecule has 1 heterocycles. The zero-order chi connectivity index (χ0) is 15.2. The van der Waals surface area contributed by atoms with Crippen molar-refractivity contribution in [2.24, 2.45) is 0 Å². The summed E-state index contributed by atoms with van der Waals surface area (Å²) in [6, 6.07) is 7.62. The highest BCUT2D eigenvalue weighted by Crippen LogP contribution is 2.17. The molecule has 0 unspecified atom stereocenters. The number of rotatable bonds is 5. The highest BCUT2D eigenvalue weighted by molar-refractivity contribution is 5.73. The fraction of sp³-hybridized carbons (Fsp3) is 0.267. The maximum Gasteiger partial charge on any atom is 0.317 e. The molecule has 1 aromatic heterocycles. The van der Waals surface area contributed by atoms with E-state index in [1.54, 1.807) is 13.1 Å². The maximum absolute atomic E-state index is 11.7. The molecule has 2 amide bonds. The van der Waals surface area contributed by atoms with Gasteiger partial charge in [0.2, 0.25) is 11.7 Å². The SMILES string of the molecule is C=CCN(Cc1nc(-c2cccc(C)c2)no1)C(=O)NC. The Labute approximate surface area is 123 Å². The molecule has 0 saturated heterocycles. The fourth-order valence-electron chi connectivity index (χ4n) is 1.92. The second-order valence-electron chi connectivity index (χ2n) is 4.61. The molecule has 0 aliphatic rings. The number of carbonyl (C=O) groups excluding carboxylic acids is 1. The van der Waals surface area contributed by atoms with Crippen LogP contribution in [-0.2, 0) is 6.54 Å². The van der Waals surface area contributed by atoms with Crippen LogP contribution in [0.3, 0.4) is 0 Å². The number of hydrogen-bond acceptors (Lipinski definition) is 4. The Hall–Kier alpha value is -2.63. The van der Waals surface area contributed by atoms with Gasteiger partial charge in [0.1, 0.15) is 6.54 Å². The minimum atomic E-state index is -0.217. The molecule has 0 radical (unpaired) electrons. The van der Waals surface area contributed by atoms with Crippen molar-refractivity contribution >= 4 is 6.03 Å². The first-order valence-electron chi connectivity index (χ1n) is 6.61. The monoisotopic (exact) mass is 286 g/mol. The molecule has 21 heavy (non-hydrogen) atoms. The van der Waals surface area contributed by atoms with Crippen LogP contribution in [0.25, 0.3) is 11.4 Å². The normalized spacial score (nSPS) is 10.2. The summed E-state index contributed by atoms with van der Waals surface area (Å²) < 4.78 is 5.21. The van der Waals surface area contributed by atoms with Crippen LogP contribution in [0.4, 0.5) is 4.79 Å². The van der Waals surface area contributed by atoms with Crippen LogP contribution in [-0.4, -0.2) is 34.7 Å². The van der Waals surface area contributed by atoms with Gasteiger partial charge in [-0.25, -0.2) is 4.79 Å². The van der Waals surface area contributed by atoms with Crippen LogP contribution in [0, 0.1) is 6.92 Å². The smallest absolute Gasteiger partial charge is 0.317 e. The average molecular weight is 286 g/mol. The van der Waals surface area contributed by atoms with Gasteiger partial charge in [0.15, 0.2) is 0 Å². The van der Waals surface area contributed by atoms with Crippen molar-refractivity contribution in [1.29, 1.82) is 0 Å². The van der Waals surface area contributed by atoms with E-state index in [1.807, 2.05) is 31.2 Å². The van der Waals surface area contributed by atoms with Crippen LogP contribution in [0.1, 0.15) is 11.5 Å². The van der Waals surface area contributed by atoms with E-state index in [-0.39, 0.29) is 12.6 Å². The average Bonchev–Trinajstić information content (AvgIpc) is 2.94. The van der Waals surface area contributed by atoms with Crippen LogP contribution < -0.4 is 5.32 Å². The number of aryl methyl sites for hydroxylation is 1. The summed E-state index contributed by atoms with van der Waals surface area (Å²) in [5.74, 6) is 0.904. The van der Waals surface area contributed by atoms with E-state index in [1.165, 1.54) is 4.90 Å². The van der Waals surface area contributed by atoms with Gasteiger partial charge >= 0.3 is 6.03 Å². The zero-order valence-electron chi connectivity index (χ0n) is 12.2. The van der Waals surface area contributed by atoms with Crippen LogP contribution in [0.15, 0.2) is 41.4 Å². The van der Waals surface area contributed by atoms with Crippen molar-refractivity contribution in [3.63, 3.8) is 0 Å². The molecule has 0 spiro atoms. The molecule has 6 heteroatoms. The van der Waals surface area contributed by atoms with Crippen LogP contribution in [0.2, 0.25) is 0 Å². The molecule has 2 rings (SSSR count). The van der Waals surface area contributed by atoms with Crippen molar-refractivity contribution in [2.45, 2.75) is 13.5 Å². The Morgan fingerprint density at radius 3 is 3.00 bits per heavy atom. The summed E-state index contributed by atoms with van der Waals surface area (Å²) in [4.78, 5) is 17.6. The predicted octanol–water partition coefficient (Wildman–Crippen LogP) is 2.37. The van der Waals surface area contributed by atoms with Gasteiger partial charge in [0.25, 0.3) is 0 Å². The number of aromatic nitrogens is 2. The van der Waals surface area contributed by atoms with Crippen molar-refractivity contribution in [3.05, 3.63) is 48.4 Å². The standard InChI is InChI=1S/C15H18N4O2/c1-4-8-19(15(20)16-3)10-13-17-14(18-21-13)12-7-5-6-11(2)9-12/h4-7,9H,1,8,10H2,2-3H3,(H,16,20). The van der Waals surface area contributed by atoms with Gasteiger partial charge in [-0.05, 0) is 13.0 Å². The molecule has 2 aromatic rings. The third-order valence-corrected chi connectivity index (χ3v) is 2.92. The number of urea groups is 1. The molecule has 0 saturated carbocycles. The van der Waals surface area contributed by atoms with E-state index < -0.39 is 0 Å². The molecule has 110 valence electrons. The van der Waals surface area contributed by atoms with Crippen LogP contribution >= 0.6 is 0 Å². The van der Waals surface area contributed by atoms with E-state index in [4.69, 9.17) is 4.52 Å². The first-order valence-corrected chi connectivity index (χ1v) is 6.61. The summed E-state index contributed by atoms with van der Waals surface area (Å²) in [5.41, 5.74) is 2.01. The number of hydrogen-bond donors (Lipinski definition) is 1. The molecule has 1 N–H and O–H groups in total. The lowest BCUT2D eigenvalue weighted by Gasteiger charge is -2.17. The second kappa shape index (κ2) is 6.69. The predicted molar refractivity (Wildman–Crippen MR) is 79.5 cm³/mol. The Kier molecular flexibility index (Phi) is 4.71. The summed E-state index contributed by atoms with van der Waals surface area (Å²) >= 11 is 0. The lowest BCUT2D eigenvalue weighted by atomic mass is 10.1. The summed E-state index contributed by atoms with van der Waals surface area (Å²) in [7, 11) is 1.57. The molecule has 0 bridgehead atoms. The number of nitrogens with zero attached hydrogens (tertiary/aromatic N) is 3. The third kappa shape index (κ3) is 3.68. The van der Waals surface area contributed by atoms with Crippen LogP contribution in [0.5, 0.6) is 0 Å². The molecule has 0 fully saturated rings. The van der Waals surface area contributed by atoms with E-state index in [9.17, 15) is 4.79 Å². The molecule has 0 aliphatic heterocycles. The topological polar surface area (TPSA) is 71.3 Å². The zero-order valence-corrected chi connectivity index (χ0v) is 12.2. The minimum Gasteiger partial charge on any atom is -0.341 e. The van der Waals surface area contributed by atoms with E-state index in [2.05, 4.69) is 22.0 Å². The van der Waals surface area contributed by atoms with Crippen molar-refractivity contribution < 1.29 is 9.32 Å². The number of amides is 2. The quantitative estimate of drug-likeness (QED) is 0.857. The number of carbonyl (C=O) groups is 1. The maximum atomic E-state index is 11.7. The van der Waals surface area contributed by atoms with Gasteiger partial charge in [-0.3, -0.25) is 0 Å². The molecule has 6 nitrogen and oxygen atoms in total. The number of benzene rings is 1. The second-order valence-corrected chi connectivity index (χ2v) is 4.61. The Morgan fingerprint density at radius 1 is 1.52 bits per heavy atom. The molecule has 1 aromatic carbocycles. The lowest BCUT2D eigenvalue weighted by molar-refractivity contribution is 0.195. The lowest BCUT2D eigenvalue weighted by Crippen LogP contribution is -2.37. The third-order valence-electron chi connectivity index (χ3n) is 2.92. The van der Waals surface area contributed by atoms with E-state index in [0.717, 1.165) is 11.1 Å². The first-order chi connectivity index (χ1) is 10.1.